The number of hydrogen-bond acceptors (Lipinski definition) is 6. The van der Waals surface area contributed by atoms with E-state index in [1.165, 1.54) is 37.4 Å². The number of amides is 1. The van der Waals surface area contributed by atoms with Crippen LogP contribution in [0.3, 0.4) is 0 Å². The highest BCUT2D eigenvalue weighted by molar-refractivity contribution is 7.89. The molecule has 3 N–H and O–H groups in total. The molecule has 0 aliphatic rings. The average molecular weight is 431 g/mol. The number of carbonyl (C=O) groups is 1. The molecule has 152 valence electrons. The molecule has 28 heavy (non-hydrogen) atoms. The SMILES string of the molecule is COc1ccc(F)cc1S(=O)(=O)N(C)CC(=O)Nc1ccc(S(N)(=O)=O)cc1. The molecule has 0 aromatic heterocycles. The maximum absolute atomic E-state index is 13.5. The van der Waals surface area contributed by atoms with E-state index in [9.17, 15) is 26.0 Å². The fraction of sp³-hybridized carbons (Fsp3) is 0.188. The number of nitrogens with one attached hydrogen (secondary N) is 1. The van der Waals surface area contributed by atoms with E-state index >= 15 is 0 Å². The minimum Gasteiger partial charge on any atom is -0.495 e. The lowest BCUT2D eigenvalue weighted by atomic mass is 10.3. The number of sulfonamides is 2. The van der Waals surface area contributed by atoms with Gasteiger partial charge in [-0.1, -0.05) is 0 Å². The number of primary sulfonamides is 1. The van der Waals surface area contributed by atoms with Gasteiger partial charge in [0, 0.05) is 12.7 Å². The third-order valence-electron chi connectivity index (χ3n) is 3.65. The Hall–Kier alpha value is -2.54. The van der Waals surface area contributed by atoms with Crippen LogP contribution in [0, 0.1) is 5.82 Å². The van der Waals surface area contributed by atoms with Crippen molar-refractivity contribution in [2.75, 3.05) is 26.0 Å². The number of hydrogen-bond donors (Lipinski definition) is 2. The zero-order valence-corrected chi connectivity index (χ0v) is 16.6. The van der Waals surface area contributed by atoms with Gasteiger partial charge in [-0.2, -0.15) is 4.31 Å². The number of benzene rings is 2. The summed E-state index contributed by atoms with van der Waals surface area (Å²) in [6.07, 6.45) is 0. The summed E-state index contributed by atoms with van der Waals surface area (Å²) in [5.41, 5.74) is 0.242. The molecule has 12 heteroatoms. The Morgan fingerprint density at radius 3 is 2.29 bits per heavy atom. The van der Waals surface area contributed by atoms with Crippen LogP contribution in [-0.4, -0.2) is 47.8 Å². The lowest BCUT2D eigenvalue weighted by molar-refractivity contribution is -0.116. The van der Waals surface area contributed by atoms with Gasteiger partial charge in [-0.25, -0.2) is 26.4 Å². The molecule has 0 saturated heterocycles. The number of anilines is 1. The van der Waals surface area contributed by atoms with Gasteiger partial charge in [0.05, 0.1) is 18.6 Å². The second-order valence-electron chi connectivity index (χ2n) is 5.67. The predicted octanol–water partition coefficient (Wildman–Crippen LogP) is 0.741. The van der Waals surface area contributed by atoms with E-state index in [0.29, 0.717) is 0 Å². The fourth-order valence-corrected chi connectivity index (χ4v) is 4.04. The molecular formula is C16H18FN3O6S2. The van der Waals surface area contributed by atoms with Gasteiger partial charge in [-0.05, 0) is 42.5 Å². The van der Waals surface area contributed by atoms with Crippen molar-refractivity contribution in [3.8, 4) is 5.75 Å². The lowest BCUT2D eigenvalue weighted by Crippen LogP contribution is -2.35. The molecule has 2 aromatic carbocycles. The van der Waals surface area contributed by atoms with E-state index in [2.05, 4.69) is 5.32 Å². The molecule has 0 heterocycles. The van der Waals surface area contributed by atoms with Gasteiger partial charge in [0.25, 0.3) is 0 Å². The quantitative estimate of drug-likeness (QED) is 0.664. The molecule has 0 spiro atoms. The number of methoxy groups -OCH3 is 1. The van der Waals surface area contributed by atoms with Crippen molar-refractivity contribution in [3.63, 3.8) is 0 Å². The van der Waals surface area contributed by atoms with Crippen molar-refractivity contribution >= 4 is 31.6 Å². The lowest BCUT2D eigenvalue weighted by Gasteiger charge is -2.18. The summed E-state index contributed by atoms with van der Waals surface area (Å²) in [5, 5.41) is 7.42. The van der Waals surface area contributed by atoms with Crippen molar-refractivity contribution in [2.45, 2.75) is 9.79 Å². The smallest absolute Gasteiger partial charge is 0.247 e. The van der Waals surface area contributed by atoms with Crippen LogP contribution < -0.4 is 15.2 Å². The van der Waals surface area contributed by atoms with Crippen molar-refractivity contribution in [2.24, 2.45) is 5.14 Å². The number of halogens is 1. The molecule has 0 saturated carbocycles. The Morgan fingerprint density at radius 2 is 1.75 bits per heavy atom. The van der Waals surface area contributed by atoms with Crippen molar-refractivity contribution in [1.29, 1.82) is 0 Å². The molecule has 2 aromatic rings. The molecule has 0 bridgehead atoms. The van der Waals surface area contributed by atoms with E-state index in [-0.39, 0.29) is 16.3 Å². The molecule has 9 nitrogen and oxygen atoms in total. The third-order valence-corrected chi connectivity index (χ3v) is 6.40. The van der Waals surface area contributed by atoms with Gasteiger partial charge >= 0.3 is 0 Å². The Kier molecular flexibility index (Phi) is 6.39. The molecule has 1 amide bonds. The standard InChI is InChI=1S/C16H18FN3O6S2/c1-20(28(24,25)15-9-11(17)3-8-14(15)26-2)10-16(21)19-12-4-6-13(7-5-12)27(18,22)23/h3-9H,10H2,1-2H3,(H,19,21)(H2,18,22,23). The summed E-state index contributed by atoms with van der Waals surface area (Å²) in [5.74, 6) is -1.52. The minimum absolute atomic E-state index is 0.0627. The maximum atomic E-state index is 13.5. The first-order valence-corrected chi connectivity index (χ1v) is 10.7. The zero-order chi connectivity index (χ0) is 21.1. The van der Waals surface area contributed by atoms with E-state index in [0.717, 1.165) is 23.5 Å². The number of ether oxygens (including phenoxy) is 1. The number of carbonyl (C=O) groups excluding carboxylic acids is 1. The summed E-state index contributed by atoms with van der Waals surface area (Å²) in [4.78, 5) is 11.6. The van der Waals surface area contributed by atoms with Crippen LogP contribution in [0.15, 0.2) is 52.3 Å². The highest BCUT2D eigenvalue weighted by atomic mass is 32.2. The maximum Gasteiger partial charge on any atom is 0.247 e. The Labute approximate surface area is 162 Å². The molecule has 0 unspecified atom stereocenters. The van der Waals surface area contributed by atoms with Crippen LogP contribution in [0.25, 0.3) is 0 Å². The van der Waals surface area contributed by atoms with Gasteiger partial charge in [-0.15, -0.1) is 0 Å². The molecule has 0 fully saturated rings. The van der Waals surface area contributed by atoms with Crippen molar-refractivity contribution in [1.82, 2.24) is 4.31 Å². The molecular weight excluding hydrogens is 413 g/mol. The first-order valence-electron chi connectivity index (χ1n) is 7.68. The highest BCUT2D eigenvalue weighted by Crippen LogP contribution is 2.26. The van der Waals surface area contributed by atoms with E-state index in [1.54, 1.807) is 0 Å². The fourth-order valence-electron chi connectivity index (χ4n) is 2.24. The summed E-state index contributed by atoms with van der Waals surface area (Å²) >= 11 is 0. The van der Waals surface area contributed by atoms with Crippen LogP contribution >= 0.6 is 0 Å². The first kappa shape index (κ1) is 21.8. The van der Waals surface area contributed by atoms with Gasteiger partial charge in [0.15, 0.2) is 0 Å². The monoisotopic (exact) mass is 431 g/mol. The number of nitrogens with zero attached hydrogens (tertiary/aromatic N) is 1. The Balaban J connectivity index is 2.14. The normalized spacial score (nSPS) is 12.0. The first-order chi connectivity index (χ1) is 12.9. The van der Waals surface area contributed by atoms with E-state index < -0.39 is 43.2 Å². The third kappa shape index (κ3) is 5.04. The predicted molar refractivity (Wildman–Crippen MR) is 99.2 cm³/mol. The van der Waals surface area contributed by atoms with Crippen LogP contribution in [0.5, 0.6) is 5.75 Å². The molecule has 2 rings (SSSR count). The summed E-state index contributed by atoms with van der Waals surface area (Å²) in [6.45, 7) is -0.570. The van der Waals surface area contributed by atoms with E-state index in [4.69, 9.17) is 9.88 Å². The molecule has 0 radical (unpaired) electrons. The number of likely N-dealkylation sites (N-methyl/N-ethyl adjacent to an activating group) is 1. The van der Waals surface area contributed by atoms with Gasteiger partial charge in [0.2, 0.25) is 26.0 Å². The van der Waals surface area contributed by atoms with Crippen LogP contribution in [0.4, 0.5) is 10.1 Å². The Bertz CT molecular complexity index is 1090. The second-order valence-corrected chi connectivity index (χ2v) is 9.25. The Morgan fingerprint density at radius 1 is 1.14 bits per heavy atom. The van der Waals surface area contributed by atoms with Gasteiger partial charge in [0.1, 0.15) is 16.5 Å². The van der Waals surface area contributed by atoms with Crippen LogP contribution in [0.2, 0.25) is 0 Å². The van der Waals surface area contributed by atoms with Crippen LogP contribution in [0.1, 0.15) is 0 Å². The largest absolute Gasteiger partial charge is 0.495 e. The molecule has 0 aliphatic heterocycles. The van der Waals surface area contributed by atoms with Gasteiger partial charge in [-0.3, -0.25) is 4.79 Å². The topological polar surface area (TPSA) is 136 Å². The second kappa shape index (κ2) is 8.22. The van der Waals surface area contributed by atoms with E-state index in [1.807, 2.05) is 0 Å². The van der Waals surface area contributed by atoms with Crippen molar-refractivity contribution in [3.05, 3.63) is 48.3 Å². The zero-order valence-electron chi connectivity index (χ0n) is 14.9. The minimum atomic E-state index is -4.21. The number of rotatable bonds is 7. The summed E-state index contributed by atoms with van der Waals surface area (Å²) in [7, 11) is -5.68. The highest BCUT2D eigenvalue weighted by Gasteiger charge is 2.27. The summed E-state index contributed by atoms with van der Waals surface area (Å²) < 4.78 is 66.8. The number of nitrogens with two attached hydrogens (primary N) is 1. The van der Waals surface area contributed by atoms with Gasteiger partial charge < -0.3 is 10.1 Å². The summed E-state index contributed by atoms with van der Waals surface area (Å²) in [6, 6.07) is 8.03. The van der Waals surface area contributed by atoms with Crippen LogP contribution in [-0.2, 0) is 24.8 Å². The van der Waals surface area contributed by atoms with Crippen molar-refractivity contribution < 1.29 is 30.8 Å². The molecule has 0 atom stereocenters. The average Bonchev–Trinajstić information content (AvgIpc) is 2.61. The molecule has 0 aliphatic carbocycles.